The lowest BCUT2D eigenvalue weighted by Crippen LogP contribution is -2.47. The molecule has 2 heterocycles. The van der Waals surface area contributed by atoms with Crippen LogP contribution in [0.25, 0.3) is 6.08 Å². The summed E-state index contributed by atoms with van der Waals surface area (Å²) >= 11 is 0. The highest BCUT2D eigenvalue weighted by Crippen LogP contribution is 2.32. The van der Waals surface area contributed by atoms with Crippen LogP contribution < -0.4 is 14.2 Å². The molecule has 0 aliphatic carbocycles. The molecule has 6 heteroatoms. The predicted molar refractivity (Wildman–Crippen MR) is 106 cm³/mol. The number of carbonyl (C=O) groups is 1. The SMILES string of the molecule is COc1cccc(/C=C/C(=O)N2CCN(Cc3ccc4c(c3)OCO4)CC2)c1. The van der Waals surface area contributed by atoms with E-state index in [2.05, 4.69) is 11.0 Å². The summed E-state index contributed by atoms with van der Waals surface area (Å²) in [6, 6.07) is 13.7. The molecule has 0 spiro atoms. The molecule has 0 N–H and O–H groups in total. The van der Waals surface area contributed by atoms with Crippen molar-refractivity contribution in [2.45, 2.75) is 6.54 Å². The zero-order valence-corrected chi connectivity index (χ0v) is 16.0. The molecule has 0 atom stereocenters. The van der Waals surface area contributed by atoms with Crippen molar-refractivity contribution in [1.82, 2.24) is 9.80 Å². The topological polar surface area (TPSA) is 51.2 Å². The van der Waals surface area contributed by atoms with Crippen molar-refractivity contribution in [2.75, 3.05) is 40.1 Å². The summed E-state index contributed by atoms with van der Waals surface area (Å²) < 4.78 is 16.0. The van der Waals surface area contributed by atoms with Gasteiger partial charge >= 0.3 is 0 Å². The molecule has 146 valence electrons. The summed E-state index contributed by atoms with van der Waals surface area (Å²) in [5, 5.41) is 0. The van der Waals surface area contributed by atoms with Crippen LogP contribution in [0.15, 0.2) is 48.5 Å². The lowest BCUT2D eigenvalue weighted by atomic mass is 10.1. The summed E-state index contributed by atoms with van der Waals surface area (Å²) in [7, 11) is 1.64. The first-order chi connectivity index (χ1) is 13.7. The maximum absolute atomic E-state index is 12.5. The van der Waals surface area contributed by atoms with E-state index in [9.17, 15) is 4.79 Å². The Labute approximate surface area is 164 Å². The van der Waals surface area contributed by atoms with Crippen LogP contribution in [0.3, 0.4) is 0 Å². The van der Waals surface area contributed by atoms with Crippen LogP contribution in [0, 0.1) is 0 Å². The largest absolute Gasteiger partial charge is 0.497 e. The minimum absolute atomic E-state index is 0.0468. The number of nitrogens with zero attached hydrogens (tertiary/aromatic N) is 2. The number of benzene rings is 2. The second-order valence-electron chi connectivity index (χ2n) is 6.90. The highest BCUT2D eigenvalue weighted by atomic mass is 16.7. The van der Waals surface area contributed by atoms with Crippen LogP contribution in [0.1, 0.15) is 11.1 Å². The summed E-state index contributed by atoms with van der Waals surface area (Å²) in [6.07, 6.45) is 3.48. The van der Waals surface area contributed by atoms with Crippen LogP contribution in [0.5, 0.6) is 17.2 Å². The molecule has 6 nitrogen and oxygen atoms in total. The van der Waals surface area contributed by atoms with Gasteiger partial charge in [0.05, 0.1) is 7.11 Å². The van der Waals surface area contributed by atoms with Gasteiger partial charge < -0.3 is 19.1 Å². The van der Waals surface area contributed by atoms with Gasteiger partial charge in [0.15, 0.2) is 11.5 Å². The lowest BCUT2D eigenvalue weighted by Gasteiger charge is -2.34. The van der Waals surface area contributed by atoms with E-state index < -0.39 is 0 Å². The number of carbonyl (C=O) groups excluding carboxylic acids is 1. The monoisotopic (exact) mass is 380 g/mol. The molecule has 4 rings (SSSR count). The first kappa shape index (κ1) is 18.4. The fraction of sp³-hybridized carbons (Fsp3) is 0.318. The number of rotatable bonds is 5. The number of ether oxygens (including phenoxy) is 3. The standard InChI is InChI=1S/C22H24N2O4/c1-26-19-4-2-3-17(13-19)6-8-22(25)24-11-9-23(10-12-24)15-18-5-7-20-21(14-18)28-16-27-20/h2-8,13-14H,9-12,15-16H2,1H3/b8-6+. The van der Waals surface area contributed by atoms with Gasteiger partial charge in [-0.3, -0.25) is 9.69 Å². The third kappa shape index (κ3) is 4.28. The van der Waals surface area contributed by atoms with E-state index in [4.69, 9.17) is 14.2 Å². The Kier molecular flexibility index (Phi) is 5.48. The maximum Gasteiger partial charge on any atom is 0.246 e. The van der Waals surface area contributed by atoms with E-state index in [1.165, 1.54) is 5.56 Å². The Morgan fingerprint density at radius 1 is 1.07 bits per heavy atom. The quantitative estimate of drug-likeness (QED) is 0.747. The van der Waals surface area contributed by atoms with Crippen molar-refractivity contribution in [3.63, 3.8) is 0 Å². The highest BCUT2D eigenvalue weighted by Gasteiger charge is 2.20. The second kappa shape index (κ2) is 8.35. The average molecular weight is 380 g/mol. The molecule has 0 bridgehead atoms. The third-order valence-corrected chi connectivity index (χ3v) is 5.04. The van der Waals surface area contributed by atoms with Gasteiger partial charge in [-0.15, -0.1) is 0 Å². The molecule has 2 aromatic rings. The molecule has 2 aromatic carbocycles. The first-order valence-corrected chi connectivity index (χ1v) is 9.43. The van der Waals surface area contributed by atoms with Crippen molar-refractivity contribution in [1.29, 1.82) is 0 Å². The van der Waals surface area contributed by atoms with Crippen LogP contribution in [-0.2, 0) is 11.3 Å². The molecule has 1 amide bonds. The number of hydrogen-bond acceptors (Lipinski definition) is 5. The summed E-state index contributed by atoms with van der Waals surface area (Å²) in [4.78, 5) is 16.7. The Bertz CT molecular complexity index is 873. The zero-order valence-electron chi connectivity index (χ0n) is 16.0. The highest BCUT2D eigenvalue weighted by molar-refractivity contribution is 5.91. The fourth-order valence-electron chi connectivity index (χ4n) is 3.44. The molecule has 0 unspecified atom stereocenters. The van der Waals surface area contributed by atoms with Gasteiger partial charge in [-0.05, 0) is 41.5 Å². The van der Waals surface area contributed by atoms with Gasteiger partial charge in [-0.1, -0.05) is 18.2 Å². The molecule has 0 aromatic heterocycles. The van der Waals surface area contributed by atoms with Gasteiger partial charge in [-0.2, -0.15) is 0 Å². The van der Waals surface area contributed by atoms with Crippen LogP contribution in [0.4, 0.5) is 0 Å². The van der Waals surface area contributed by atoms with Gasteiger partial charge in [0, 0.05) is 38.8 Å². The molecule has 1 saturated heterocycles. The summed E-state index contributed by atoms with van der Waals surface area (Å²) in [6.45, 7) is 4.30. The molecule has 0 saturated carbocycles. The van der Waals surface area contributed by atoms with Crippen molar-refractivity contribution in [3.05, 3.63) is 59.7 Å². The van der Waals surface area contributed by atoms with Crippen LogP contribution >= 0.6 is 0 Å². The predicted octanol–water partition coefficient (Wildman–Crippen LogP) is 2.78. The molecule has 2 aliphatic heterocycles. The Morgan fingerprint density at radius 2 is 1.89 bits per heavy atom. The number of amides is 1. The Balaban J connectivity index is 1.28. The average Bonchev–Trinajstić information content (AvgIpc) is 3.20. The van der Waals surface area contributed by atoms with Crippen LogP contribution in [-0.4, -0.2) is 55.8 Å². The van der Waals surface area contributed by atoms with E-state index in [0.29, 0.717) is 6.79 Å². The minimum atomic E-state index is 0.0468. The zero-order chi connectivity index (χ0) is 19.3. The Hall–Kier alpha value is -2.99. The van der Waals surface area contributed by atoms with Crippen molar-refractivity contribution < 1.29 is 19.0 Å². The van der Waals surface area contributed by atoms with E-state index in [-0.39, 0.29) is 5.91 Å². The molecule has 28 heavy (non-hydrogen) atoms. The number of piperazine rings is 1. The normalized spacial score (nSPS) is 16.5. The number of methoxy groups -OCH3 is 1. The van der Waals surface area contributed by atoms with Crippen molar-refractivity contribution in [2.24, 2.45) is 0 Å². The summed E-state index contributed by atoms with van der Waals surface area (Å²) in [5.74, 6) is 2.45. The molecule has 0 radical (unpaired) electrons. The summed E-state index contributed by atoms with van der Waals surface area (Å²) in [5.41, 5.74) is 2.15. The van der Waals surface area contributed by atoms with Gasteiger partial charge in [-0.25, -0.2) is 0 Å². The smallest absolute Gasteiger partial charge is 0.246 e. The van der Waals surface area contributed by atoms with Crippen molar-refractivity contribution >= 4 is 12.0 Å². The van der Waals surface area contributed by atoms with Crippen molar-refractivity contribution in [3.8, 4) is 17.2 Å². The second-order valence-corrected chi connectivity index (χ2v) is 6.90. The van der Waals surface area contributed by atoms with E-state index in [1.807, 2.05) is 47.4 Å². The molecular weight excluding hydrogens is 356 g/mol. The van der Waals surface area contributed by atoms with Crippen LogP contribution in [0.2, 0.25) is 0 Å². The first-order valence-electron chi connectivity index (χ1n) is 9.43. The Morgan fingerprint density at radius 3 is 2.71 bits per heavy atom. The minimum Gasteiger partial charge on any atom is -0.497 e. The third-order valence-electron chi connectivity index (χ3n) is 5.04. The van der Waals surface area contributed by atoms with E-state index in [0.717, 1.165) is 55.5 Å². The maximum atomic E-state index is 12.5. The van der Waals surface area contributed by atoms with Gasteiger partial charge in [0.1, 0.15) is 5.75 Å². The molecule has 1 fully saturated rings. The molecule has 2 aliphatic rings. The fourth-order valence-corrected chi connectivity index (χ4v) is 3.44. The lowest BCUT2D eigenvalue weighted by molar-refractivity contribution is -0.127. The number of hydrogen-bond donors (Lipinski definition) is 0. The van der Waals surface area contributed by atoms with Gasteiger partial charge in [0.25, 0.3) is 0 Å². The van der Waals surface area contributed by atoms with Gasteiger partial charge in [0.2, 0.25) is 12.7 Å². The number of fused-ring (bicyclic) bond motifs is 1. The molecular formula is C22H24N2O4. The van der Waals surface area contributed by atoms with E-state index in [1.54, 1.807) is 13.2 Å². The van der Waals surface area contributed by atoms with E-state index >= 15 is 0 Å².